The van der Waals surface area contributed by atoms with Crippen molar-refractivity contribution in [2.24, 2.45) is 0 Å². The van der Waals surface area contributed by atoms with E-state index in [0.29, 0.717) is 18.6 Å². The number of halogens is 1. The number of ether oxygens (including phenoxy) is 1. The molecule has 1 aliphatic heterocycles. The Morgan fingerprint density at radius 2 is 2.31 bits per heavy atom. The first-order valence-corrected chi connectivity index (χ1v) is 4.25. The summed E-state index contributed by atoms with van der Waals surface area (Å²) in [7, 11) is 0. The normalized spacial score (nSPS) is 26.4. The number of hydrogen-bond donors (Lipinski definition) is 1. The van der Waals surface area contributed by atoms with Gasteiger partial charge in [-0.2, -0.15) is 0 Å². The number of aliphatic hydroxyl groups is 1. The van der Waals surface area contributed by atoms with Gasteiger partial charge in [-0.25, -0.2) is 4.39 Å². The Balaban J connectivity index is 2.58. The van der Waals surface area contributed by atoms with Crippen molar-refractivity contribution < 1.29 is 14.2 Å². The molecule has 0 fully saturated rings. The van der Waals surface area contributed by atoms with Crippen LogP contribution in [0.3, 0.4) is 0 Å². The SMILES string of the molecule is CC1(O)CCOc2c(F)cccc21. The minimum atomic E-state index is -0.963. The summed E-state index contributed by atoms with van der Waals surface area (Å²) in [4.78, 5) is 0. The van der Waals surface area contributed by atoms with E-state index >= 15 is 0 Å². The molecule has 1 unspecified atom stereocenters. The first kappa shape index (κ1) is 8.51. The van der Waals surface area contributed by atoms with Gasteiger partial charge in [-0.05, 0) is 13.0 Å². The zero-order valence-corrected chi connectivity index (χ0v) is 7.38. The Bertz CT molecular complexity index is 334. The van der Waals surface area contributed by atoms with Crippen LogP contribution in [-0.2, 0) is 5.60 Å². The van der Waals surface area contributed by atoms with E-state index in [2.05, 4.69) is 0 Å². The summed E-state index contributed by atoms with van der Waals surface area (Å²) in [6.07, 6.45) is 0.503. The van der Waals surface area contributed by atoms with Crippen LogP contribution in [0.2, 0.25) is 0 Å². The summed E-state index contributed by atoms with van der Waals surface area (Å²) in [5, 5.41) is 9.90. The first-order valence-electron chi connectivity index (χ1n) is 4.25. The third-order valence-electron chi connectivity index (χ3n) is 2.38. The van der Waals surface area contributed by atoms with Gasteiger partial charge in [0.1, 0.15) is 0 Å². The molecule has 0 amide bonds. The van der Waals surface area contributed by atoms with Crippen LogP contribution in [0, 0.1) is 5.82 Å². The predicted octanol–water partition coefficient (Wildman–Crippen LogP) is 1.82. The molecular weight excluding hydrogens is 171 g/mol. The maximum Gasteiger partial charge on any atom is 0.165 e. The summed E-state index contributed by atoms with van der Waals surface area (Å²) in [6, 6.07) is 4.61. The molecule has 0 radical (unpaired) electrons. The second-order valence-electron chi connectivity index (χ2n) is 3.49. The Hall–Kier alpha value is -1.09. The maximum absolute atomic E-state index is 13.2. The number of rotatable bonds is 0. The molecule has 70 valence electrons. The van der Waals surface area contributed by atoms with E-state index < -0.39 is 11.4 Å². The molecule has 2 rings (SSSR count). The summed E-state index contributed by atoms with van der Waals surface area (Å²) >= 11 is 0. The minimum Gasteiger partial charge on any atom is -0.490 e. The van der Waals surface area contributed by atoms with Crippen molar-refractivity contribution in [1.29, 1.82) is 0 Å². The fourth-order valence-electron chi connectivity index (χ4n) is 1.57. The molecule has 0 aliphatic carbocycles. The fraction of sp³-hybridized carbons (Fsp3) is 0.400. The third-order valence-corrected chi connectivity index (χ3v) is 2.38. The molecule has 1 N–H and O–H groups in total. The largest absolute Gasteiger partial charge is 0.490 e. The highest BCUT2D eigenvalue weighted by Gasteiger charge is 2.32. The van der Waals surface area contributed by atoms with Crippen LogP contribution in [0.15, 0.2) is 18.2 Å². The Labute approximate surface area is 76.0 Å². The van der Waals surface area contributed by atoms with E-state index in [-0.39, 0.29) is 5.75 Å². The summed E-state index contributed by atoms with van der Waals surface area (Å²) in [5.74, 6) is -0.212. The van der Waals surface area contributed by atoms with Crippen LogP contribution in [0.5, 0.6) is 5.75 Å². The highest BCUT2D eigenvalue weighted by atomic mass is 19.1. The Kier molecular flexibility index (Phi) is 1.77. The molecule has 1 aliphatic rings. The van der Waals surface area contributed by atoms with Gasteiger partial charge in [0.05, 0.1) is 12.2 Å². The van der Waals surface area contributed by atoms with E-state index in [0.717, 1.165) is 0 Å². The van der Waals surface area contributed by atoms with Crippen molar-refractivity contribution in [2.75, 3.05) is 6.61 Å². The lowest BCUT2D eigenvalue weighted by atomic mass is 9.90. The van der Waals surface area contributed by atoms with Gasteiger partial charge in [0, 0.05) is 12.0 Å². The molecule has 1 heterocycles. The lowest BCUT2D eigenvalue weighted by Gasteiger charge is -2.30. The van der Waals surface area contributed by atoms with Gasteiger partial charge in [0.15, 0.2) is 11.6 Å². The van der Waals surface area contributed by atoms with E-state index in [1.54, 1.807) is 19.1 Å². The highest BCUT2D eigenvalue weighted by Crippen LogP contribution is 2.37. The van der Waals surface area contributed by atoms with Crippen molar-refractivity contribution in [1.82, 2.24) is 0 Å². The zero-order valence-electron chi connectivity index (χ0n) is 7.38. The number of benzene rings is 1. The van der Waals surface area contributed by atoms with Crippen molar-refractivity contribution in [3.05, 3.63) is 29.6 Å². The van der Waals surface area contributed by atoms with Crippen molar-refractivity contribution in [3.63, 3.8) is 0 Å². The van der Waals surface area contributed by atoms with Gasteiger partial charge in [0.25, 0.3) is 0 Å². The monoisotopic (exact) mass is 182 g/mol. The third kappa shape index (κ3) is 1.29. The molecule has 1 aromatic carbocycles. The molecule has 13 heavy (non-hydrogen) atoms. The van der Waals surface area contributed by atoms with E-state index in [9.17, 15) is 9.50 Å². The maximum atomic E-state index is 13.2. The van der Waals surface area contributed by atoms with Crippen LogP contribution >= 0.6 is 0 Å². The second kappa shape index (κ2) is 2.70. The fourth-order valence-corrected chi connectivity index (χ4v) is 1.57. The average Bonchev–Trinajstić information content (AvgIpc) is 2.06. The summed E-state index contributed by atoms with van der Waals surface area (Å²) < 4.78 is 18.3. The van der Waals surface area contributed by atoms with Gasteiger partial charge in [0.2, 0.25) is 0 Å². The van der Waals surface area contributed by atoms with Crippen LogP contribution in [-0.4, -0.2) is 11.7 Å². The smallest absolute Gasteiger partial charge is 0.165 e. The van der Waals surface area contributed by atoms with Gasteiger partial charge in [-0.3, -0.25) is 0 Å². The number of fused-ring (bicyclic) bond motifs is 1. The van der Waals surface area contributed by atoms with Crippen molar-refractivity contribution in [3.8, 4) is 5.75 Å². The molecule has 0 spiro atoms. The standard InChI is InChI=1S/C10H11FO2/c1-10(12)5-6-13-9-7(10)3-2-4-8(9)11/h2-4,12H,5-6H2,1H3. The Morgan fingerprint density at radius 1 is 1.54 bits per heavy atom. The minimum absolute atomic E-state index is 0.193. The molecule has 0 saturated heterocycles. The highest BCUT2D eigenvalue weighted by molar-refractivity contribution is 5.40. The molecule has 3 heteroatoms. The van der Waals surface area contributed by atoms with Crippen LogP contribution < -0.4 is 4.74 Å². The zero-order chi connectivity index (χ0) is 9.47. The van der Waals surface area contributed by atoms with Crippen molar-refractivity contribution >= 4 is 0 Å². The Morgan fingerprint density at radius 3 is 3.00 bits per heavy atom. The van der Waals surface area contributed by atoms with E-state index in [1.807, 2.05) is 0 Å². The van der Waals surface area contributed by atoms with Crippen molar-refractivity contribution in [2.45, 2.75) is 18.9 Å². The molecule has 0 aromatic heterocycles. The molecule has 2 nitrogen and oxygen atoms in total. The van der Waals surface area contributed by atoms with Crippen LogP contribution in [0.25, 0.3) is 0 Å². The molecule has 0 saturated carbocycles. The predicted molar refractivity (Wildman–Crippen MR) is 46.1 cm³/mol. The lowest BCUT2D eigenvalue weighted by Crippen LogP contribution is -2.29. The number of para-hydroxylation sites is 1. The van der Waals surface area contributed by atoms with Crippen LogP contribution in [0.4, 0.5) is 4.39 Å². The number of hydrogen-bond acceptors (Lipinski definition) is 2. The second-order valence-corrected chi connectivity index (χ2v) is 3.49. The lowest BCUT2D eigenvalue weighted by molar-refractivity contribution is 0.0130. The molecule has 1 aromatic rings. The van der Waals surface area contributed by atoms with E-state index in [1.165, 1.54) is 6.07 Å². The van der Waals surface area contributed by atoms with E-state index in [4.69, 9.17) is 4.74 Å². The summed E-state index contributed by atoms with van der Waals surface area (Å²) in [5.41, 5.74) is -0.422. The van der Waals surface area contributed by atoms with Gasteiger partial charge >= 0.3 is 0 Å². The summed E-state index contributed by atoms with van der Waals surface area (Å²) in [6.45, 7) is 2.04. The quantitative estimate of drug-likeness (QED) is 0.663. The first-order chi connectivity index (χ1) is 6.11. The van der Waals surface area contributed by atoms with Gasteiger partial charge < -0.3 is 9.84 Å². The van der Waals surface area contributed by atoms with Gasteiger partial charge in [-0.15, -0.1) is 0 Å². The average molecular weight is 182 g/mol. The van der Waals surface area contributed by atoms with Crippen LogP contribution in [0.1, 0.15) is 18.9 Å². The molecule has 0 bridgehead atoms. The molecule has 1 atom stereocenters. The molecular formula is C10H11FO2. The topological polar surface area (TPSA) is 29.5 Å². The van der Waals surface area contributed by atoms with Gasteiger partial charge in [-0.1, -0.05) is 12.1 Å².